The van der Waals surface area contributed by atoms with Gasteiger partial charge in [0.2, 0.25) is 0 Å². The summed E-state index contributed by atoms with van der Waals surface area (Å²) in [5.41, 5.74) is 0. The van der Waals surface area contributed by atoms with E-state index in [0.29, 0.717) is 6.04 Å². The van der Waals surface area contributed by atoms with Crippen LogP contribution < -0.4 is 0 Å². The molecule has 0 aliphatic carbocycles. The molecule has 0 aromatic carbocycles. The summed E-state index contributed by atoms with van der Waals surface area (Å²) in [5, 5.41) is 0. The molecule has 0 N–H and O–H groups in total. The molecule has 0 aromatic heterocycles. The highest BCUT2D eigenvalue weighted by atomic mass is 32.1. The highest BCUT2D eigenvalue weighted by Gasteiger charge is 2.21. The van der Waals surface area contributed by atoms with Crippen LogP contribution >= 0.6 is 12.8 Å². The SMILES string of the molecule is COCC1CCCN1[S].F.F.F. The second kappa shape index (κ2) is 9.15. The fourth-order valence-corrected chi connectivity index (χ4v) is 1.46. The summed E-state index contributed by atoms with van der Waals surface area (Å²) in [5.74, 6) is 0. The molecule has 1 radical (unpaired) electrons. The molecule has 12 heavy (non-hydrogen) atoms. The maximum absolute atomic E-state index is 5.04. The van der Waals surface area contributed by atoms with Gasteiger partial charge in [0.1, 0.15) is 0 Å². The van der Waals surface area contributed by atoms with Crippen molar-refractivity contribution < 1.29 is 18.9 Å². The molecule has 6 heteroatoms. The van der Waals surface area contributed by atoms with Crippen molar-refractivity contribution >= 4 is 12.8 Å². The lowest BCUT2D eigenvalue weighted by Crippen LogP contribution is -2.24. The van der Waals surface area contributed by atoms with E-state index in [1.54, 1.807) is 7.11 Å². The average molecular weight is 206 g/mol. The van der Waals surface area contributed by atoms with E-state index in [9.17, 15) is 0 Å². The standard InChI is InChI=1S/C6H12NOS.3FH/c1-8-5-6-3-2-4-7(6)9;;;/h6H,2-5H2,1H3;3*1H. The maximum Gasteiger partial charge on any atom is 0.0627 e. The van der Waals surface area contributed by atoms with Gasteiger partial charge in [0, 0.05) is 32.5 Å². The summed E-state index contributed by atoms with van der Waals surface area (Å²) in [7, 11) is 1.72. The number of hydrogen-bond acceptors (Lipinski definition) is 2. The Balaban J connectivity index is -0.000000270. The van der Waals surface area contributed by atoms with E-state index in [1.807, 2.05) is 4.31 Å². The summed E-state index contributed by atoms with van der Waals surface area (Å²) in [6, 6.07) is 0.505. The Kier molecular flexibility index (Phi) is 13.7. The van der Waals surface area contributed by atoms with Gasteiger partial charge in [-0.15, -0.1) is 0 Å². The van der Waals surface area contributed by atoms with Gasteiger partial charge in [-0.2, -0.15) is 0 Å². The molecular weight excluding hydrogens is 191 g/mol. The Bertz CT molecular complexity index is 98.9. The van der Waals surface area contributed by atoms with Crippen molar-refractivity contribution in [1.29, 1.82) is 0 Å². The van der Waals surface area contributed by atoms with Gasteiger partial charge < -0.3 is 4.74 Å². The van der Waals surface area contributed by atoms with Crippen LogP contribution in [0.2, 0.25) is 0 Å². The molecule has 1 aliphatic heterocycles. The van der Waals surface area contributed by atoms with E-state index in [4.69, 9.17) is 17.6 Å². The Morgan fingerprint density at radius 1 is 1.42 bits per heavy atom. The molecule has 0 aromatic rings. The first-order valence-corrected chi connectivity index (χ1v) is 3.64. The molecule has 77 valence electrons. The summed E-state index contributed by atoms with van der Waals surface area (Å²) in [6.07, 6.45) is 2.44. The van der Waals surface area contributed by atoms with E-state index < -0.39 is 0 Å². The van der Waals surface area contributed by atoms with Gasteiger partial charge in [-0.3, -0.25) is 14.1 Å². The zero-order chi connectivity index (χ0) is 6.69. The van der Waals surface area contributed by atoms with E-state index in [0.717, 1.165) is 13.2 Å². The van der Waals surface area contributed by atoms with Crippen LogP contribution in [0.25, 0.3) is 0 Å². The second-order valence-electron chi connectivity index (χ2n) is 2.39. The van der Waals surface area contributed by atoms with E-state index in [1.165, 1.54) is 12.8 Å². The monoisotopic (exact) mass is 206 g/mol. The number of hydrogen-bond donors (Lipinski definition) is 0. The second-order valence-corrected chi connectivity index (χ2v) is 2.86. The first kappa shape index (κ1) is 18.0. The molecule has 0 amide bonds. The summed E-state index contributed by atoms with van der Waals surface area (Å²) < 4.78 is 6.94. The van der Waals surface area contributed by atoms with Gasteiger partial charge in [0.15, 0.2) is 0 Å². The average Bonchev–Trinajstić information content (AvgIpc) is 2.18. The first-order chi connectivity index (χ1) is 4.34. The lowest BCUT2D eigenvalue weighted by atomic mass is 10.2. The lowest BCUT2D eigenvalue weighted by molar-refractivity contribution is 0.153. The zero-order valence-corrected chi connectivity index (χ0v) is 7.71. The topological polar surface area (TPSA) is 12.5 Å². The molecule has 1 saturated heterocycles. The predicted molar refractivity (Wildman–Crippen MR) is 46.7 cm³/mol. The van der Waals surface area contributed by atoms with E-state index >= 15 is 0 Å². The molecule has 2 nitrogen and oxygen atoms in total. The molecule has 0 spiro atoms. The number of nitrogens with zero attached hydrogens (tertiary/aromatic N) is 1. The Labute approximate surface area is 75.9 Å². The van der Waals surface area contributed by atoms with Gasteiger partial charge in [-0.05, 0) is 12.8 Å². The van der Waals surface area contributed by atoms with Crippen LogP contribution in [0.15, 0.2) is 0 Å². The normalized spacial score (nSPS) is 22.0. The first-order valence-electron chi connectivity index (χ1n) is 3.27. The molecule has 1 aliphatic rings. The Hall–Kier alpha value is 0.0600. The van der Waals surface area contributed by atoms with Crippen molar-refractivity contribution in [3.63, 3.8) is 0 Å². The highest BCUT2D eigenvalue weighted by molar-refractivity contribution is 7.77. The third-order valence-corrected chi connectivity index (χ3v) is 2.16. The minimum absolute atomic E-state index is 0. The largest absolute Gasteiger partial charge is 0.383 e. The van der Waals surface area contributed by atoms with Crippen LogP contribution in [-0.4, -0.2) is 30.6 Å². The molecule has 1 atom stereocenters. The van der Waals surface area contributed by atoms with E-state index in [-0.39, 0.29) is 14.1 Å². The van der Waals surface area contributed by atoms with Crippen LogP contribution in [0.3, 0.4) is 0 Å². The van der Waals surface area contributed by atoms with Crippen LogP contribution in [0, 0.1) is 0 Å². The van der Waals surface area contributed by atoms with Crippen molar-refractivity contribution in [2.75, 3.05) is 20.3 Å². The summed E-state index contributed by atoms with van der Waals surface area (Å²) >= 11 is 5.04. The Morgan fingerprint density at radius 3 is 2.33 bits per heavy atom. The maximum atomic E-state index is 5.04. The van der Waals surface area contributed by atoms with Gasteiger partial charge in [0.25, 0.3) is 0 Å². The minimum Gasteiger partial charge on any atom is -0.383 e. The third-order valence-electron chi connectivity index (χ3n) is 1.68. The summed E-state index contributed by atoms with van der Waals surface area (Å²) in [6.45, 7) is 1.85. The van der Waals surface area contributed by atoms with Crippen LogP contribution in [0.1, 0.15) is 12.8 Å². The third kappa shape index (κ3) is 4.84. The fraction of sp³-hybridized carbons (Fsp3) is 1.00. The van der Waals surface area contributed by atoms with Crippen molar-refractivity contribution in [2.24, 2.45) is 0 Å². The number of rotatable bonds is 2. The van der Waals surface area contributed by atoms with Crippen molar-refractivity contribution in [3.8, 4) is 0 Å². The molecule has 1 unspecified atom stereocenters. The smallest absolute Gasteiger partial charge is 0.0627 e. The van der Waals surface area contributed by atoms with Gasteiger partial charge in [0.05, 0.1) is 6.61 Å². The number of methoxy groups -OCH3 is 1. The van der Waals surface area contributed by atoms with Gasteiger partial charge in [-0.25, -0.2) is 4.31 Å². The Morgan fingerprint density at radius 2 is 2.00 bits per heavy atom. The van der Waals surface area contributed by atoms with Crippen molar-refractivity contribution in [2.45, 2.75) is 18.9 Å². The molecule has 0 bridgehead atoms. The van der Waals surface area contributed by atoms with Gasteiger partial charge in [-0.1, -0.05) is 0 Å². The fourth-order valence-electron chi connectivity index (χ4n) is 1.17. The molecule has 1 rings (SSSR count). The number of halogens is 3. The quantitative estimate of drug-likeness (QED) is 0.681. The lowest BCUT2D eigenvalue weighted by Gasteiger charge is -2.14. The predicted octanol–water partition coefficient (Wildman–Crippen LogP) is 1.67. The molecule has 0 saturated carbocycles. The zero-order valence-electron chi connectivity index (χ0n) is 6.89. The van der Waals surface area contributed by atoms with Crippen LogP contribution in [0.4, 0.5) is 14.1 Å². The minimum atomic E-state index is 0. The van der Waals surface area contributed by atoms with Crippen molar-refractivity contribution in [1.82, 2.24) is 4.31 Å². The van der Waals surface area contributed by atoms with Gasteiger partial charge >= 0.3 is 0 Å². The van der Waals surface area contributed by atoms with Crippen LogP contribution in [-0.2, 0) is 4.74 Å². The highest BCUT2D eigenvalue weighted by Crippen LogP contribution is 2.18. The number of ether oxygens (including phenoxy) is 1. The molecule has 1 heterocycles. The van der Waals surface area contributed by atoms with E-state index in [2.05, 4.69) is 0 Å². The van der Waals surface area contributed by atoms with Crippen LogP contribution in [0.5, 0.6) is 0 Å². The molecular formula is C6H15F3NOS. The summed E-state index contributed by atoms with van der Waals surface area (Å²) in [4.78, 5) is 0. The molecule has 1 fully saturated rings. The van der Waals surface area contributed by atoms with Crippen molar-refractivity contribution in [3.05, 3.63) is 0 Å².